The predicted molar refractivity (Wildman–Crippen MR) is 119 cm³/mol. The zero-order chi connectivity index (χ0) is 20.5. The molecule has 0 amide bonds. The van der Waals surface area contributed by atoms with Crippen LogP contribution in [0.2, 0.25) is 0 Å². The molecule has 0 N–H and O–H groups in total. The van der Waals surface area contributed by atoms with E-state index in [0.29, 0.717) is 5.58 Å². The Morgan fingerprint density at radius 3 is 2.00 bits per heavy atom. The van der Waals surface area contributed by atoms with Gasteiger partial charge >= 0.3 is 5.97 Å². The van der Waals surface area contributed by atoms with Crippen molar-refractivity contribution < 1.29 is 13.9 Å². The van der Waals surface area contributed by atoms with Crippen molar-refractivity contribution in [1.82, 2.24) is 0 Å². The summed E-state index contributed by atoms with van der Waals surface area (Å²) in [6, 6.07) is 31.6. The average molecular weight is 392 g/mol. The number of ether oxygens (including phenoxy) is 1. The first-order chi connectivity index (χ1) is 14.7. The smallest absolute Gasteiger partial charge is 0.375 e. The molecule has 3 nitrogen and oxygen atoms in total. The number of furan rings is 1. The highest BCUT2D eigenvalue weighted by molar-refractivity contribution is 6.08. The molecule has 146 valence electrons. The molecule has 0 saturated carbocycles. The van der Waals surface area contributed by atoms with Crippen LogP contribution in [0.5, 0.6) is 0 Å². The summed E-state index contributed by atoms with van der Waals surface area (Å²) in [6.45, 7) is 1.90. The average Bonchev–Trinajstić information content (AvgIpc) is 3.15. The standard InChI is InChI=1S/C27H20O3/c1-18-22-17-16-19-10-8-9-15-23(19)26(22)29-24(18)27(28)30-25(20-11-4-2-5-12-20)21-13-6-3-7-14-21/h2-17,25H,1H3. The number of carbonyl (C=O) groups excluding carboxylic acids is 1. The minimum absolute atomic E-state index is 0.248. The van der Waals surface area contributed by atoms with Gasteiger partial charge in [-0.1, -0.05) is 97.1 Å². The molecule has 3 heteroatoms. The Morgan fingerprint density at radius 2 is 1.33 bits per heavy atom. The van der Waals surface area contributed by atoms with E-state index in [1.807, 2.05) is 104 Å². The van der Waals surface area contributed by atoms with E-state index in [1.165, 1.54) is 0 Å². The molecular formula is C27H20O3. The Kier molecular flexibility index (Phi) is 4.56. The SMILES string of the molecule is Cc1c(C(=O)OC(c2ccccc2)c2ccccc2)oc2c1ccc1ccccc12. The van der Waals surface area contributed by atoms with Crippen LogP contribution >= 0.6 is 0 Å². The van der Waals surface area contributed by atoms with Gasteiger partial charge in [0.15, 0.2) is 6.10 Å². The van der Waals surface area contributed by atoms with E-state index in [9.17, 15) is 4.79 Å². The highest BCUT2D eigenvalue weighted by Gasteiger charge is 2.25. The van der Waals surface area contributed by atoms with Gasteiger partial charge in [0, 0.05) is 16.3 Å². The third kappa shape index (κ3) is 3.15. The minimum atomic E-state index is -0.510. The number of hydrogen-bond acceptors (Lipinski definition) is 3. The van der Waals surface area contributed by atoms with Crippen LogP contribution in [0.15, 0.2) is 101 Å². The van der Waals surface area contributed by atoms with Gasteiger partial charge < -0.3 is 9.15 Å². The molecule has 0 fully saturated rings. The molecule has 0 spiro atoms. The van der Waals surface area contributed by atoms with Crippen molar-refractivity contribution in [1.29, 1.82) is 0 Å². The second-order valence-corrected chi connectivity index (χ2v) is 7.33. The Hall–Kier alpha value is -3.85. The van der Waals surface area contributed by atoms with Gasteiger partial charge in [0.2, 0.25) is 5.76 Å². The van der Waals surface area contributed by atoms with Crippen molar-refractivity contribution >= 4 is 27.7 Å². The summed E-state index contributed by atoms with van der Waals surface area (Å²) in [4.78, 5) is 13.2. The largest absolute Gasteiger partial charge is 0.448 e. The van der Waals surface area contributed by atoms with Crippen LogP contribution in [-0.4, -0.2) is 5.97 Å². The van der Waals surface area contributed by atoms with Gasteiger partial charge in [0.25, 0.3) is 0 Å². The summed E-state index contributed by atoms with van der Waals surface area (Å²) in [5, 5.41) is 2.99. The first-order valence-electron chi connectivity index (χ1n) is 9.94. The quantitative estimate of drug-likeness (QED) is 0.314. The maximum Gasteiger partial charge on any atom is 0.375 e. The number of fused-ring (bicyclic) bond motifs is 3. The van der Waals surface area contributed by atoms with Crippen molar-refractivity contribution in [3.05, 3.63) is 120 Å². The summed E-state index contributed by atoms with van der Waals surface area (Å²) in [5.74, 6) is -0.219. The number of rotatable bonds is 4. The summed E-state index contributed by atoms with van der Waals surface area (Å²) in [7, 11) is 0. The molecule has 0 bridgehead atoms. The van der Waals surface area contributed by atoms with Gasteiger partial charge in [-0.05, 0) is 23.4 Å². The molecule has 1 aromatic heterocycles. The Morgan fingerprint density at radius 1 is 0.733 bits per heavy atom. The summed E-state index contributed by atoms with van der Waals surface area (Å²) in [5.41, 5.74) is 3.33. The van der Waals surface area contributed by atoms with Gasteiger partial charge in [-0.25, -0.2) is 4.79 Å². The van der Waals surface area contributed by atoms with Crippen LogP contribution in [0.3, 0.4) is 0 Å². The highest BCUT2D eigenvalue weighted by Crippen LogP contribution is 2.34. The third-order valence-electron chi connectivity index (χ3n) is 5.44. The van der Waals surface area contributed by atoms with Crippen LogP contribution in [0.25, 0.3) is 21.7 Å². The molecular weight excluding hydrogens is 372 g/mol. The van der Waals surface area contributed by atoms with Crippen molar-refractivity contribution in [2.75, 3.05) is 0 Å². The topological polar surface area (TPSA) is 39.4 Å². The number of hydrogen-bond donors (Lipinski definition) is 0. The lowest BCUT2D eigenvalue weighted by Gasteiger charge is -2.18. The second-order valence-electron chi connectivity index (χ2n) is 7.33. The van der Waals surface area contributed by atoms with Crippen molar-refractivity contribution in [2.45, 2.75) is 13.0 Å². The fourth-order valence-electron chi connectivity index (χ4n) is 3.89. The van der Waals surface area contributed by atoms with Gasteiger partial charge in [0.1, 0.15) is 5.58 Å². The van der Waals surface area contributed by atoms with Gasteiger partial charge in [-0.3, -0.25) is 0 Å². The monoisotopic (exact) mass is 392 g/mol. The minimum Gasteiger partial charge on any atom is -0.448 e. The molecule has 0 saturated heterocycles. The third-order valence-corrected chi connectivity index (χ3v) is 5.44. The van der Waals surface area contributed by atoms with Crippen LogP contribution in [0.1, 0.15) is 33.3 Å². The molecule has 5 aromatic rings. The molecule has 0 aliphatic rings. The van der Waals surface area contributed by atoms with E-state index in [2.05, 4.69) is 0 Å². The fraction of sp³-hybridized carbons (Fsp3) is 0.0741. The van der Waals surface area contributed by atoms with E-state index < -0.39 is 12.1 Å². The molecule has 0 atom stereocenters. The normalized spacial score (nSPS) is 11.3. The number of esters is 1. The van der Waals surface area contributed by atoms with Gasteiger partial charge in [0.05, 0.1) is 0 Å². The van der Waals surface area contributed by atoms with Crippen LogP contribution < -0.4 is 0 Å². The molecule has 0 aliphatic carbocycles. The predicted octanol–water partition coefficient (Wildman–Crippen LogP) is 6.84. The summed E-state index contributed by atoms with van der Waals surface area (Å²) >= 11 is 0. The van der Waals surface area contributed by atoms with E-state index in [1.54, 1.807) is 0 Å². The zero-order valence-corrected chi connectivity index (χ0v) is 16.5. The van der Waals surface area contributed by atoms with E-state index in [-0.39, 0.29) is 5.76 Å². The van der Waals surface area contributed by atoms with Gasteiger partial charge in [-0.15, -0.1) is 0 Å². The molecule has 1 heterocycles. The number of aryl methyl sites for hydroxylation is 1. The molecule has 5 rings (SSSR count). The lowest BCUT2D eigenvalue weighted by molar-refractivity contribution is 0.0343. The van der Waals surface area contributed by atoms with Crippen molar-refractivity contribution in [2.24, 2.45) is 0 Å². The van der Waals surface area contributed by atoms with E-state index in [4.69, 9.17) is 9.15 Å². The molecule has 0 unspecified atom stereocenters. The Bertz CT molecular complexity index is 1290. The van der Waals surface area contributed by atoms with Crippen molar-refractivity contribution in [3.8, 4) is 0 Å². The molecule has 4 aromatic carbocycles. The second kappa shape index (κ2) is 7.53. The fourth-order valence-corrected chi connectivity index (χ4v) is 3.89. The molecule has 30 heavy (non-hydrogen) atoms. The van der Waals surface area contributed by atoms with E-state index in [0.717, 1.165) is 32.8 Å². The maximum absolute atomic E-state index is 13.2. The molecule has 0 radical (unpaired) electrons. The summed E-state index contributed by atoms with van der Waals surface area (Å²) in [6.07, 6.45) is -0.510. The van der Waals surface area contributed by atoms with Crippen LogP contribution in [-0.2, 0) is 4.74 Å². The first kappa shape index (κ1) is 18.2. The Balaban J connectivity index is 1.57. The highest BCUT2D eigenvalue weighted by atomic mass is 16.6. The lowest BCUT2D eigenvalue weighted by Crippen LogP contribution is -2.13. The van der Waals surface area contributed by atoms with E-state index >= 15 is 0 Å². The first-order valence-corrected chi connectivity index (χ1v) is 9.94. The van der Waals surface area contributed by atoms with Crippen LogP contribution in [0, 0.1) is 6.92 Å². The Labute approximate surface area is 174 Å². The van der Waals surface area contributed by atoms with Crippen LogP contribution in [0.4, 0.5) is 0 Å². The lowest BCUT2D eigenvalue weighted by atomic mass is 10.0. The zero-order valence-electron chi connectivity index (χ0n) is 16.5. The maximum atomic E-state index is 13.2. The number of benzene rings is 4. The summed E-state index contributed by atoms with van der Waals surface area (Å²) < 4.78 is 12.1. The van der Waals surface area contributed by atoms with Gasteiger partial charge in [-0.2, -0.15) is 0 Å². The number of carbonyl (C=O) groups is 1. The van der Waals surface area contributed by atoms with Crippen molar-refractivity contribution in [3.63, 3.8) is 0 Å². The molecule has 0 aliphatic heterocycles.